The van der Waals surface area contributed by atoms with E-state index in [9.17, 15) is 5.11 Å². The van der Waals surface area contributed by atoms with Crippen molar-refractivity contribution in [3.63, 3.8) is 0 Å². The largest absolute Gasteiger partial charge is 0.392 e. The third kappa shape index (κ3) is 4.22. The number of nitrogens with zero attached hydrogens (tertiary/aromatic N) is 2. The van der Waals surface area contributed by atoms with Gasteiger partial charge in [0.2, 0.25) is 0 Å². The van der Waals surface area contributed by atoms with Gasteiger partial charge in [0.05, 0.1) is 6.10 Å². The SMILES string of the molecule is CN(C)C1CCN(CC(O)CC2CCCC2)CC1. The van der Waals surface area contributed by atoms with Crippen molar-refractivity contribution in [2.45, 2.75) is 57.1 Å². The smallest absolute Gasteiger partial charge is 0.0669 e. The molecule has 3 nitrogen and oxygen atoms in total. The molecule has 1 N–H and O–H groups in total. The Labute approximate surface area is 112 Å². The summed E-state index contributed by atoms with van der Waals surface area (Å²) in [5.74, 6) is 0.805. The van der Waals surface area contributed by atoms with Crippen LogP contribution in [0.3, 0.4) is 0 Å². The maximum absolute atomic E-state index is 10.2. The van der Waals surface area contributed by atoms with Gasteiger partial charge in [-0.1, -0.05) is 25.7 Å². The van der Waals surface area contributed by atoms with Crippen LogP contribution in [0, 0.1) is 5.92 Å². The molecule has 3 heteroatoms. The maximum atomic E-state index is 10.2. The molecule has 18 heavy (non-hydrogen) atoms. The predicted octanol–water partition coefficient (Wildman–Crippen LogP) is 1.95. The van der Waals surface area contributed by atoms with Gasteiger partial charge in [-0.3, -0.25) is 0 Å². The van der Waals surface area contributed by atoms with E-state index in [4.69, 9.17) is 0 Å². The summed E-state index contributed by atoms with van der Waals surface area (Å²) in [4.78, 5) is 4.80. The zero-order chi connectivity index (χ0) is 13.0. The lowest BCUT2D eigenvalue weighted by Crippen LogP contribution is -2.44. The Morgan fingerprint density at radius 1 is 1.11 bits per heavy atom. The zero-order valence-electron chi connectivity index (χ0n) is 12.1. The van der Waals surface area contributed by atoms with Crippen LogP contribution in [0.4, 0.5) is 0 Å². The molecule has 1 saturated heterocycles. The summed E-state index contributed by atoms with van der Waals surface area (Å²) in [6, 6.07) is 0.744. The van der Waals surface area contributed by atoms with Crippen molar-refractivity contribution in [1.82, 2.24) is 9.80 Å². The van der Waals surface area contributed by atoms with Crippen molar-refractivity contribution in [1.29, 1.82) is 0 Å². The first-order valence-corrected chi connectivity index (χ1v) is 7.72. The minimum atomic E-state index is -0.0935. The van der Waals surface area contributed by atoms with Gasteiger partial charge in [-0.15, -0.1) is 0 Å². The number of hydrogen-bond donors (Lipinski definition) is 1. The maximum Gasteiger partial charge on any atom is 0.0669 e. The van der Waals surface area contributed by atoms with Gasteiger partial charge in [-0.05, 0) is 52.4 Å². The van der Waals surface area contributed by atoms with Crippen LogP contribution in [0.5, 0.6) is 0 Å². The van der Waals surface area contributed by atoms with E-state index in [1.54, 1.807) is 0 Å². The van der Waals surface area contributed by atoms with E-state index in [-0.39, 0.29) is 6.10 Å². The number of β-amino-alcohol motifs (C(OH)–C–C–N with tert-alkyl or cyclic N) is 1. The van der Waals surface area contributed by atoms with E-state index in [1.807, 2.05) is 0 Å². The number of hydrogen-bond acceptors (Lipinski definition) is 3. The van der Waals surface area contributed by atoms with Gasteiger partial charge < -0.3 is 14.9 Å². The molecule has 1 aliphatic heterocycles. The first-order chi connectivity index (χ1) is 8.65. The lowest BCUT2D eigenvalue weighted by Gasteiger charge is -2.36. The molecule has 2 fully saturated rings. The fourth-order valence-corrected chi connectivity index (χ4v) is 3.62. The van der Waals surface area contributed by atoms with Gasteiger partial charge in [0.1, 0.15) is 0 Å². The predicted molar refractivity (Wildman–Crippen MR) is 75.7 cm³/mol. The molecule has 2 aliphatic rings. The molecule has 0 amide bonds. The molecule has 2 rings (SSSR count). The topological polar surface area (TPSA) is 26.7 Å². The molecular formula is C15H30N2O. The standard InChI is InChI=1S/C15H30N2O/c1-16(2)14-7-9-17(10-8-14)12-15(18)11-13-5-3-4-6-13/h13-15,18H,3-12H2,1-2H3. The van der Waals surface area contributed by atoms with E-state index >= 15 is 0 Å². The van der Waals surface area contributed by atoms with E-state index < -0.39 is 0 Å². The van der Waals surface area contributed by atoms with Crippen molar-refractivity contribution in [2.75, 3.05) is 33.7 Å². The second kappa shape index (κ2) is 6.88. The minimum Gasteiger partial charge on any atom is -0.392 e. The first kappa shape index (κ1) is 14.3. The van der Waals surface area contributed by atoms with Crippen molar-refractivity contribution in [3.8, 4) is 0 Å². The average molecular weight is 254 g/mol. The van der Waals surface area contributed by atoms with Crippen LogP contribution >= 0.6 is 0 Å². The average Bonchev–Trinajstić information content (AvgIpc) is 2.82. The normalized spacial score (nSPS) is 26.0. The number of rotatable bonds is 5. The summed E-state index contributed by atoms with van der Waals surface area (Å²) >= 11 is 0. The van der Waals surface area contributed by atoms with Gasteiger partial charge in [-0.2, -0.15) is 0 Å². The van der Waals surface area contributed by atoms with Gasteiger partial charge in [-0.25, -0.2) is 0 Å². The summed E-state index contributed by atoms with van der Waals surface area (Å²) in [6.07, 6.45) is 8.90. The Bertz CT molecular complexity index is 231. The number of piperidine rings is 1. The first-order valence-electron chi connectivity index (χ1n) is 7.72. The molecule has 0 radical (unpaired) electrons. The molecular weight excluding hydrogens is 224 g/mol. The van der Waals surface area contributed by atoms with Crippen molar-refractivity contribution < 1.29 is 5.11 Å². The van der Waals surface area contributed by atoms with Crippen LogP contribution in [-0.2, 0) is 0 Å². The van der Waals surface area contributed by atoms with Gasteiger partial charge in [0, 0.05) is 12.6 Å². The number of likely N-dealkylation sites (tertiary alicyclic amines) is 1. The Morgan fingerprint density at radius 2 is 1.72 bits per heavy atom. The lowest BCUT2D eigenvalue weighted by atomic mass is 9.98. The fraction of sp³-hybridized carbons (Fsp3) is 1.00. The third-order valence-corrected chi connectivity index (χ3v) is 4.84. The highest BCUT2D eigenvalue weighted by molar-refractivity contribution is 4.79. The molecule has 1 heterocycles. The van der Waals surface area contributed by atoms with Gasteiger partial charge in [0.25, 0.3) is 0 Å². The van der Waals surface area contributed by atoms with Crippen molar-refractivity contribution in [3.05, 3.63) is 0 Å². The highest BCUT2D eigenvalue weighted by Gasteiger charge is 2.24. The second-order valence-electron chi connectivity index (χ2n) is 6.54. The quantitative estimate of drug-likeness (QED) is 0.812. The third-order valence-electron chi connectivity index (χ3n) is 4.84. The monoisotopic (exact) mass is 254 g/mol. The summed E-state index contributed by atoms with van der Waals surface area (Å²) < 4.78 is 0. The van der Waals surface area contributed by atoms with E-state index in [2.05, 4.69) is 23.9 Å². The Balaban J connectivity index is 1.64. The molecule has 106 valence electrons. The molecule has 0 bridgehead atoms. The Hall–Kier alpha value is -0.120. The molecule has 1 saturated carbocycles. The Morgan fingerprint density at radius 3 is 2.28 bits per heavy atom. The molecule has 1 aliphatic carbocycles. The van der Waals surface area contributed by atoms with E-state index in [0.29, 0.717) is 0 Å². The number of aliphatic hydroxyl groups is 1. The van der Waals surface area contributed by atoms with E-state index in [1.165, 1.54) is 38.5 Å². The summed E-state index contributed by atoms with van der Waals surface area (Å²) in [5.41, 5.74) is 0. The molecule has 1 atom stereocenters. The summed E-state index contributed by atoms with van der Waals surface area (Å²) in [7, 11) is 4.35. The van der Waals surface area contributed by atoms with Gasteiger partial charge in [0.15, 0.2) is 0 Å². The minimum absolute atomic E-state index is 0.0935. The molecule has 0 spiro atoms. The number of aliphatic hydroxyl groups excluding tert-OH is 1. The van der Waals surface area contributed by atoms with E-state index in [0.717, 1.165) is 38.0 Å². The van der Waals surface area contributed by atoms with Crippen LogP contribution in [0.25, 0.3) is 0 Å². The van der Waals surface area contributed by atoms with Crippen LogP contribution in [0.2, 0.25) is 0 Å². The second-order valence-corrected chi connectivity index (χ2v) is 6.54. The molecule has 1 unspecified atom stereocenters. The van der Waals surface area contributed by atoms with Crippen LogP contribution in [0.1, 0.15) is 44.9 Å². The zero-order valence-corrected chi connectivity index (χ0v) is 12.1. The fourth-order valence-electron chi connectivity index (χ4n) is 3.62. The van der Waals surface area contributed by atoms with Crippen molar-refractivity contribution in [2.24, 2.45) is 5.92 Å². The summed E-state index contributed by atoms with van der Waals surface area (Å²) in [6.45, 7) is 3.21. The highest BCUT2D eigenvalue weighted by atomic mass is 16.3. The van der Waals surface area contributed by atoms with Crippen molar-refractivity contribution >= 4 is 0 Å². The van der Waals surface area contributed by atoms with Crippen LogP contribution in [-0.4, -0.2) is 60.8 Å². The van der Waals surface area contributed by atoms with Gasteiger partial charge >= 0.3 is 0 Å². The molecule has 0 aromatic carbocycles. The van der Waals surface area contributed by atoms with Crippen LogP contribution < -0.4 is 0 Å². The summed E-state index contributed by atoms with van der Waals surface area (Å²) in [5, 5.41) is 10.2. The Kier molecular flexibility index (Phi) is 5.46. The molecule has 0 aromatic rings. The highest BCUT2D eigenvalue weighted by Crippen LogP contribution is 2.28. The lowest BCUT2D eigenvalue weighted by molar-refractivity contribution is 0.0663. The van der Waals surface area contributed by atoms with Crippen LogP contribution in [0.15, 0.2) is 0 Å². The molecule has 0 aromatic heterocycles.